The fraction of sp³-hybridized carbons (Fsp3) is 0.300. The maximum absolute atomic E-state index is 10.6. The van der Waals surface area contributed by atoms with Crippen LogP contribution in [-0.4, -0.2) is 42.8 Å². The van der Waals surface area contributed by atoms with E-state index < -0.39 is 5.97 Å². The van der Waals surface area contributed by atoms with E-state index in [9.17, 15) is 14.4 Å². The van der Waals surface area contributed by atoms with Gasteiger partial charge in [-0.05, 0) is 46.1 Å². The molecule has 0 heterocycles. The number of rotatable bonds is 4. The SMILES string of the molecule is CC.CC(=O)c1ccccc1.CC(=O)c1ccccc1.CCN.CCNC.O=C(O)c1ccccc1. The second kappa shape index (κ2) is 27.6. The van der Waals surface area contributed by atoms with Gasteiger partial charge < -0.3 is 16.2 Å². The summed E-state index contributed by atoms with van der Waals surface area (Å²) in [7, 11) is 1.93. The summed E-state index contributed by atoms with van der Waals surface area (Å²) in [6.45, 7) is 12.9. The molecule has 0 aliphatic carbocycles. The van der Waals surface area contributed by atoms with Crippen molar-refractivity contribution in [2.45, 2.75) is 41.5 Å². The third-order valence-electron chi connectivity index (χ3n) is 3.73. The molecule has 0 amide bonds. The van der Waals surface area contributed by atoms with Crippen molar-refractivity contribution in [3.63, 3.8) is 0 Å². The van der Waals surface area contributed by atoms with E-state index in [1.54, 1.807) is 44.2 Å². The van der Waals surface area contributed by atoms with E-state index in [-0.39, 0.29) is 11.6 Å². The van der Waals surface area contributed by atoms with Crippen LogP contribution in [0.2, 0.25) is 0 Å². The van der Waals surface area contributed by atoms with Gasteiger partial charge in [-0.2, -0.15) is 0 Å². The first kappa shape index (κ1) is 36.9. The zero-order valence-electron chi connectivity index (χ0n) is 22.8. The Hall–Kier alpha value is -3.61. The van der Waals surface area contributed by atoms with Crippen molar-refractivity contribution in [1.29, 1.82) is 0 Å². The van der Waals surface area contributed by atoms with Crippen molar-refractivity contribution >= 4 is 17.5 Å². The molecule has 36 heavy (non-hydrogen) atoms. The van der Waals surface area contributed by atoms with Gasteiger partial charge in [-0.25, -0.2) is 4.79 Å². The lowest BCUT2D eigenvalue weighted by Gasteiger charge is -1.89. The minimum atomic E-state index is -0.879. The topological polar surface area (TPSA) is 109 Å². The van der Waals surface area contributed by atoms with Crippen molar-refractivity contribution in [2.24, 2.45) is 5.73 Å². The maximum Gasteiger partial charge on any atom is 0.335 e. The standard InChI is InChI=1S/2C8H8O.C7H6O2.C3H9N.C2H7N.C2H6/c2*1-7(9)8-5-3-2-4-6-8;8-7(9)6-4-2-1-3-5-6;1-3-4-2;1-2-3;1-2/h2*2-6H,1H3;1-5H,(H,8,9);4H,3H2,1-2H3;2-3H2,1H3;1-2H3. The molecule has 0 aromatic heterocycles. The molecule has 3 rings (SSSR count). The fourth-order valence-corrected chi connectivity index (χ4v) is 1.93. The number of benzene rings is 3. The number of carbonyl (C=O) groups is 3. The molecule has 198 valence electrons. The van der Waals surface area contributed by atoms with E-state index in [2.05, 4.69) is 12.2 Å². The molecule has 0 aliphatic heterocycles. The molecule has 4 N–H and O–H groups in total. The normalized spacial score (nSPS) is 8.22. The monoisotopic (exact) mass is 496 g/mol. The van der Waals surface area contributed by atoms with Gasteiger partial charge >= 0.3 is 5.97 Å². The van der Waals surface area contributed by atoms with E-state index >= 15 is 0 Å². The summed E-state index contributed by atoms with van der Waals surface area (Å²) in [6.07, 6.45) is 0. The van der Waals surface area contributed by atoms with Gasteiger partial charge in [-0.1, -0.05) is 107 Å². The van der Waals surface area contributed by atoms with Crippen LogP contribution in [0.4, 0.5) is 0 Å². The first-order valence-electron chi connectivity index (χ1n) is 12.0. The highest BCUT2D eigenvalue weighted by molar-refractivity contribution is 5.94. The quantitative estimate of drug-likeness (QED) is 0.362. The summed E-state index contributed by atoms with van der Waals surface area (Å²) in [4.78, 5) is 31.5. The van der Waals surface area contributed by atoms with Crippen molar-refractivity contribution in [1.82, 2.24) is 5.32 Å². The van der Waals surface area contributed by atoms with E-state index in [0.29, 0.717) is 5.56 Å². The molecule has 0 aliphatic rings. The first-order chi connectivity index (χ1) is 17.2. The van der Waals surface area contributed by atoms with Crippen LogP contribution in [0.5, 0.6) is 0 Å². The van der Waals surface area contributed by atoms with E-state index in [1.807, 2.05) is 88.5 Å². The lowest BCUT2D eigenvalue weighted by atomic mass is 10.2. The van der Waals surface area contributed by atoms with Crippen LogP contribution < -0.4 is 11.1 Å². The lowest BCUT2D eigenvalue weighted by molar-refractivity contribution is 0.0696. The number of hydrogen-bond donors (Lipinski definition) is 3. The van der Waals surface area contributed by atoms with Crippen molar-refractivity contribution in [3.05, 3.63) is 108 Å². The van der Waals surface area contributed by atoms with Crippen LogP contribution in [0, 0.1) is 0 Å². The third kappa shape index (κ3) is 23.5. The van der Waals surface area contributed by atoms with Gasteiger partial charge in [0.05, 0.1) is 5.56 Å². The average Bonchev–Trinajstić information content (AvgIpc) is 2.92. The molecule has 0 atom stereocenters. The van der Waals surface area contributed by atoms with Crippen molar-refractivity contribution in [2.75, 3.05) is 20.1 Å². The number of nitrogens with one attached hydrogen (secondary N) is 1. The minimum absolute atomic E-state index is 0.121. The number of carbonyl (C=O) groups excluding carboxylic acids is 2. The molecule has 0 unspecified atom stereocenters. The Morgan fingerprint density at radius 3 is 1.00 bits per heavy atom. The molecule has 0 saturated heterocycles. The summed E-state index contributed by atoms with van der Waals surface area (Å²) >= 11 is 0. The number of nitrogens with two attached hydrogens (primary N) is 1. The molecule has 6 heteroatoms. The van der Waals surface area contributed by atoms with Gasteiger partial charge in [0.25, 0.3) is 0 Å². The summed E-state index contributed by atoms with van der Waals surface area (Å²) < 4.78 is 0. The van der Waals surface area contributed by atoms with E-state index in [0.717, 1.165) is 24.2 Å². The maximum atomic E-state index is 10.6. The molecular formula is C30H44N2O4. The molecule has 0 saturated carbocycles. The lowest BCUT2D eigenvalue weighted by Crippen LogP contribution is -2.01. The Morgan fingerprint density at radius 1 is 0.667 bits per heavy atom. The van der Waals surface area contributed by atoms with Crippen LogP contribution in [-0.2, 0) is 0 Å². The Kier molecular flexibility index (Phi) is 28.4. The van der Waals surface area contributed by atoms with Crippen LogP contribution in [0.25, 0.3) is 0 Å². The number of Topliss-reactive ketones (excluding diaryl/α,β-unsaturated/α-hetero) is 2. The molecule has 0 spiro atoms. The number of carboxylic acid groups (broad SMARTS) is 1. The first-order valence-corrected chi connectivity index (χ1v) is 12.0. The summed E-state index contributed by atoms with van der Waals surface area (Å²) in [5, 5.41) is 11.3. The highest BCUT2D eigenvalue weighted by Gasteiger charge is 1.96. The molecule has 0 radical (unpaired) electrons. The predicted molar refractivity (Wildman–Crippen MR) is 152 cm³/mol. The molecule has 0 bridgehead atoms. The van der Waals surface area contributed by atoms with Crippen LogP contribution in [0.15, 0.2) is 91.0 Å². The Morgan fingerprint density at radius 2 is 0.889 bits per heavy atom. The zero-order valence-corrected chi connectivity index (χ0v) is 22.8. The van der Waals surface area contributed by atoms with Gasteiger partial charge in [-0.15, -0.1) is 0 Å². The van der Waals surface area contributed by atoms with Gasteiger partial charge in [-0.3, -0.25) is 9.59 Å². The predicted octanol–water partition coefficient (Wildman–Crippen LogP) is 6.38. The number of aromatic carboxylic acids is 1. The zero-order chi connectivity index (χ0) is 28.2. The van der Waals surface area contributed by atoms with Crippen LogP contribution >= 0.6 is 0 Å². The van der Waals surface area contributed by atoms with Crippen LogP contribution in [0.1, 0.15) is 72.6 Å². The molecule has 3 aromatic rings. The molecular weight excluding hydrogens is 452 g/mol. The average molecular weight is 497 g/mol. The van der Waals surface area contributed by atoms with Crippen LogP contribution in [0.3, 0.4) is 0 Å². The Bertz CT molecular complexity index is 780. The largest absolute Gasteiger partial charge is 0.478 e. The van der Waals surface area contributed by atoms with Gasteiger partial charge in [0, 0.05) is 11.1 Å². The molecule has 6 nitrogen and oxygen atoms in total. The summed E-state index contributed by atoms with van der Waals surface area (Å²) in [5.74, 6) is -0.637. The summed E-state index contributed by atoms with van der Waals surface area (Å²) in [5.41, 5.74) is 6.73. The van der Waals surface area contributed by atoms with Gasteiger partial charge in [0.1, 0.15) is 0 Å². The second-order valence-electron chi connectivity index (χ2n) is 6.63. The van der Waals surface area contributed by atoms with Crippen molar-refractivity contribution in [3.8, 4) is 0 Å². The Labute approximate surface area is 217 Å². The van der Waals surface area contributed by atoms with Crippen molar-refractivity contribution < 1.29 is 19.5 Å². The number of carboxylic acids is 1. The molecule has 3 aromatic carbocycles. The Balaban J connectivity index is -0.000000391. The van der Waals surface area contributed by atoms with E-state index in [1.165, 1.54) is 0 Å². The number of hydrogen-bond acceptors (Lipinski definition) is 5. The second-order valence-corrected chi connectivity index (χ2v) is 6.63. The van der Waals surface area contributed by atoms with Gasteiger partial charge in [0.2, 0.25) is 0 Å². The van der Waals surface area contributed by atoms with E-state index in [4.69, 9.17) is 10.8 Å². The highest BCUT2D eigenvalue weighted by atomic mass is 16.4. The smallest absolute Gasteiger partial charge is 0.335 e. The van der Waals surface area contributed by atoms with Gasteiger partial charge in [0.15, 0.2) is 11.6 Å². The summed E-state index contributed by atoms with van der Waals surface area (Å²) in [6, 6.07) is 26.7. The minimum Gasteiger partial charge on any atom is -0.478 e. The third-order valence-corrected chi connectivity index (χ3v) is 3.73. The highest BCUT2D eigenvalue weighted by Crippen LogP contribution is 1.98. The molecule has 0 fully saturated rings. The fourth-order valence-electron chi connectivity index (χ4n) is 1.93. The number of ketones is 2.